The normalized spacial score (nSPS) is 13.0. The molecule has 0 aliphatic heterocycles. The molecular weight excluding hydrogens is 338 g/mol. The Morgan fingerprint density at radius 2 is 1.11 bits per heavy atom. The molecule has 1 aromatic rings. The smallest absolute Gasteiger partial charge is 0.104 e. The second-order valence-electron chi connectivity index (χ2n) is 9.52. The molecule has 162 valence electrons. The highest BCUT2D eigenvalue weighted by molar-refractivity contribution is 5.13. The van der Waals surface area contributed by atoms with E-state index in [1.54, 1.807) is 0 Å². The number of unbranched alkanes of at least 4 members (excludes halogenated alkanes) is 12. The molecule has 0 saturated heterocycles. The molecule has 1 rings (SSSR count). The molecular formula is C27H50N+. The molecule has 0 radical (unpaired) electrons. The number of rotatable bonds is 18. The van der Waals surface area contributed by atoms with Gasteiger partial charge in [0.25, 0.3) is 0 Å². The van der Waals surface area contributed by atoms with E-state index in [9.17, 15) is 0 Å². The summed E-state index contributed by atoms with van der Waals surface area (Å²) in [5.41, 5.74) is 1.47. The quantitative estimate of drug-likeness (QED) is 0.174. The molecule has 0 amide bonds. The molecule has 28 heavy (non-hydrogen) atoms. The molecule has 1 aromatic carbocycles. The Bertz CT molecular complexity index is 451. The van der Waals surface area contributed by atoms with E-state index in [-0.39, 0.29) is 0 Å². The van der Waals surface area contributed by atoms with Crippen molar-refractivity contribution in [1.82, 2.24) is 0 Å². The molecule has 1 nitrogen and oxygen atoms in total. The third-order valence-corrected chi connectivity index (χ3v) is 6.53. The van der Waals surface area contributed by atoms with Gasteiger partial charge in [0.1, 0.15) is 6.54 Å². The Balaban J connectivity index is 2.04. The van der Waals surface area contributed by atoms with Crippen molar-refractivity contribution < 1.29 is 4.48 Å². The van der Waals surface area contributed by atoms with Gasteiger partial charge in [-0.15, -0.1) is 0 Å². The average molecular weight is 389 g/mol. The number of hydrogen-bond acceptors (Lipinski definition) is 0. The van der Waals surface area contributed by atoms with Crippen molar-refractivity contribution in [3.8, 4) is 0 Å². The maximum Gasteiger partial charge on any atom is 0.104 e. The molecule has 0 fully saturated rings. The van der Waals surface area contributed by atoms with Crippen LogP contribution in [0.2, 0.25) is 0 Å². The number of quaternary nitrogens is 1. The van der Waals surface area contributed by atoms with Crippen molar-refractivity contribution >= 4 is 0 Å². The van der Waals surface area contributed by atoms with Crippen LogP contribution in [-0.2, 0) is 6.54 Å². The first-order chi connectivity index (χ1) is 13.6. The van der Waals surface area contributed by atoms with Crippen molar-refractivity contribution in [2.75, 3.05) is 14.1 Å². The third-order valence-electron chi connectivity index (χ3n) is 6.53. The SMILES string of the molecule is CCCCCCCCCCCCCCCC(CC)[N+](C)(C)Cc1ccccc1. The second-order valence-corrected chi connectivity index (χ2v) is 9.52. The van der Waals surface area contributed by atoms with E-state index in [2.05, 4.69) is 58.3 Å². The zero-order valence-electron chi connectivity index (χ0n) is 19.7. The zero-order chi connectivity index (χ0) is 20.5. The van der Waals surface area contributed by atoms with Crippen LogP contribution >= 0.6 is 0 Å². The van der Waals surface area contributed by atoms with E-state index >= 15 is 0 Å². The molecule has 0 bridgehead atoms. The maximum absolute atomic E-state index is 2.42. The largest absolute Gasteiger partial charge is 0.322 e. The monoisotopic (exact) mass is 388 g/mol. The van der Waals surface area contributed by atoms with Gasteiger partial charge < -0.3 is 4.48 Å². The summed E-state index contributed by atoms with van der Waals surface area (Å²) in [7, 11) is 4.84. The van der Waals surface area contributed by atoms with Gasteiger partial charge in [0.15, 0.2) is 0 Å². The Labute approximate surface area is 177 Å². The maximum atomic E-state index is 2.42. The fraction of sp³-hybridized carbons (Fsp3) is 0.778. The molecule has 0 N–H and O–H groups in total. The highest BCUT2D eigenvalue weighted by Crippen LogP contribution is 2.22. The lowest BCUT2D eigenvalue weighted by Gasteiger charge is -2.38. The van der Waals surface area contributed by atoms with Crippen molar-refractivity contribution in [2.24, 2.45) is 0 Å². The molecule has 0 saturated carbocycles. The Kier molecular flexibility index (Phi) is 14.4. The summed E-state index contributed by atoms with van der Waals surface area (Å²) in [6, 6.07) is 11.8. The van der Waals surface area contributed by atoms with E-state index in [0.29, 0.717) is 0 Å². The number of benzene rings is 1. The zero-order valence-corrected chi connectivity index (χ0v) is 19.7. The molecule has 0 aliphatic rings. The summed E-state index contributed by atoms with van der Waals surface area (Å²) in [4.78, 5) is 0. The van der Waals surface area contributed by atoms with Crippen LogP contribution in [0.3, 0.4) is 0 Å². The van der Waals surface area contributed by atoms with Gasteiger partial charge in [-0.3, -0.25) is 0 Å². The van der Waals surface area contributed by atoms with Crippen LogP contribution in [0.5, 0.6) is 0 Å². The summed E-state index contributed by atoms with van der Waals surface area (Å²) >= 11 is 0. The summed E-state index contributed by atoms with van der Waals surface area (Å²) in [5.74, 6) is 0. The molecule has 1 atom stereocenters. The number of nitrogens with zero attached hydrogens (tertiary/aromatic N) is 1. The van der Waals surface area contributed by atoms with Crippen LogP contribution < -0.4 is 0 Å². The van der Waals surface area contributed by atoms with E-state index in [1.165, 1.54) is 102 Å². The Morgan fingerprint density at radius 1 is 0.643 bits per heavy atom. The summed E-state index contributed by atoms with van der Waals surface area (Å²) < 4.78 is 1.12. The van der Waals surface area contributed by atoms with Gasteiger partial charge in [0.2, 0.25) is 0 Å². The van der Waals surface area contributed by atoms with E-state index in [4.69, 9.17) is 0 Å². The van der Waals surface area contributed by atoms with Crippen LogP contribution in [0.4, 0.5) is 0 Å². The highest BCUT2D eigenvalue weighted by Gasteiger charge is 2.26. The minimum absolute atomic E-state index is 0.785. The van der Waals surface area contributed by atoms with Crippen LogP contribution in [0.15, 0.2) is 30.3 Å². The average Bonchev–Trinajstić information content (AvgIpc) is 2.68. The lowest BCUT2D eigenvalue weighted by Crippen LogP contribution is -2.47. The van der Waals surface area contributed by atoms with E-state index in [0.717, 1.165) is 17.1 Å². The lowest BCUT2D eigenvalue weighted by atomic mass is 10.00. The minimum atomic E-state index is 0.785. The molecule has 1 heteroatoms. The number of hydrogen-bond donors (Lipinski definition) is 0. The predicted octanol–water partition coefficient (Wildman–Crippen LogP) is 8.52. The third kappa shape index (κ3) is 11.9. The summed E-state index contributed by atoms with van der Waals surface area (Å²) in [5, 5.41) is 0. The van der Waals surface area contributed by atoms with E-state index < -0.39 is 0 Å². The fourth-order valence-electron chi connectivity index (χ4n) is 4.63. The Morgan fingerprint density at radius 3 is 1.57 bits per heavy atom. The predicted molar refractivity (Wildman–Crippen MR) is 127 cm³/mol. The summed E-state index contributed by atoms with van der Waals surface area (Å²) in [6.45, 7) is 5.82. The van der Waals surface area contributed by atoms with Gasteiger partial charge in [-0.25, -0.2) is 0 Å². The Hall–Kier alpha value is -0.820. The first-order valence-electron chi connectivity index (χ1n) is 12.5. The first-order valence-corrected chi connectivity index (χ1v) is 12.5. The van der Waals surface area contributed by atoms with Crippen LogP contribution in [-0.4, -0.2) is 24.6 Å². The molecule has 0 heterocycles. The highest BCUT2D eigenvalue weighted by atomic mass is 15.3. The molecule has 0 aliphatic carbocycles. The fourth-order valence-corrected chi connectivity index (χ4v) is 4.63. The van der Waals surface area contributed by atoms with Gasteiger partial charge in [0, 0.05) is 5.56 Å². The molecule has 0 aromatic heterocycles. The van der Waals surface area contributed by atoms with Crippen LogP contribution in [0, 0.1) is 0 Å². The standard InChI is InChI=1S/C27H50N/c1-5-7-8-9-10-11-12-13-14-15-16-17-21-24-27(6-2)28(3,4)25-26-22-19-18-20-23-26/h18-20,22-23,27H,5-17,21,24-25H2,1-4H3/q+1. The van der Waals surface area contributed by atoms with Crippen molar-refractivity contribution in [3.05, 3.63) is 35.9 Å². The van der Waals surface area contributed by atoms with Gasteiger partial charge in [-0.1, -0.05) is 121 Å². The van der Waals surface area contributed by atoms with Gasteiger partial charge in [-0.05, 0) is 19.3 Å². The van der Waals surface area contributed by atoms with Gasteiger partial charge in [0.05, 0.1) is 20.1 Å². The topological polar surface area (TPSA) is 0 Å². The van der Waals surface area contributed by atoms with Crippen molar-refractivity contribution in [3.63, 3.8) is 0 Å². The minimum Gasteiger partial charge on any atom is -0.322 e. The first kappa shape index (κ1) is 25.2. The second kappa shape index (κ2) is 16.0. The molecule has 1 unspecified atom stereocenters. The van der Waals surface area contributed by atoms with Gasteiger partial charge >= 0.3 is 0 Å². The van der Waals surface area contributed by atoms with Crippen molar-refractivity contribution in [2.45, 2.75) is 123 Å². The summed E-state index contributed by atoms with van der Waals surface area (Å²) in [6.07, 6.45) is 21.5. The van der Waals surface area contributed by atoms with Crippen LogP contribution in [0.25, 0.3) is 0 Å². The van der Waals surface area contributed by atoms with Gasteiger partial charge in [-0.2, -0.15) is 0 Å². The molecule has 0 spiro atoms. The van der Waals surface area contributed by atoms with Crippen LogP contribution in [0.1, 0.15) is 116 Å². The van der Waals surface area contributed by atoms with Crippen molar-refractivity contribution in [1.29, 1.82) is 0 Å². The lowest BCUT2D eigenvalue weighted by molar-refractivity contribution is -0.928. The van der Waals surface area contributed by atoms with E-state index in [1.807, 2.05) is 0 Å².